The minimum Gasteiger partial charge on any atom is -0.355 e. The Kier molecular flexibility index (Phi) is 5.64. The molecule has 0 aromatic heterocycles. The van der Waals surface area contributed by atoms with E-state index in [1.807, 2.05) is 6.92 Å². The second-order valence-corrected chi connectivity index (χ2v) is 5.64. The summed E-state index contributed by atoms with van der Waals surface area (Å²) in [5.41, 5.74) is 0.0230. The molecule has 0 aliphatic carbocycles. The fraction of sp³-hybridized carbons (Fsp3) is 0.786. The Morgan fingerprint density at radius 2 is 2.22 bits per heavy atom. The topological polar surface area (TPSA) is 44.4 Å². The number of likely N-dealkylation sites (N-methyl/N-ethyl adjacent to an activating group) is 1. The summed E-state index contributed by atoms with van der Waals surface area (Å²) >= 11 is 0. The Bertz CT molecular complexity index is 335. The molecule has 1 unspecified atom stereocenters. The molecule has 1 atom stereocenters. The van der Waals surface area contributed by atoms with E-state index in [9.17, 15) is 4.79 Å². The Hall–Kier alpha value is -1.05. The first-order valence-corrected chi connectivity index (χ1v) is 6.66. The number of nitrogens with zero attached hydrogens (tertiary/aromatic N) is 1. The number of rotatable bonds is 3. The van der Waals surface area contributed by atoms with Gasteiger partial charge in [-0.25, -0.2) is 0 Å². The predicted molar refractivity (Wildman–Crippen MR) is 74.1 cm³/mol. The molecule has 0 bridgehead atoms. The lowest BCUT2D eigenvalue weighted by atomic mass is 9.98. The van der Waals surface area contributed by atoms with Gasteiger partial charge < -0.3 is 10.6 Å². The third-order valence-corrected chi connectivity index (χ3v) is 2.75. The molecular weight excluding hydrogens is 226 g/mol. The largest absolute Gasteiger partial charge is 0.355 e. The molecule has 0 saturated carbocycles. The smallest absolute Gasteiger partial charge is 0.238 e. The SMILES string of the molecule is CCNC(=O)C1CNCCN1CC#CC(C)(C)C. The Balaban J connectivity index is 2.59. The van der Waals surface area contributed by atoms with Gasteiger partial charge in [0.1, 0.15) is 6.04 Å². The summed E-state index contributed by atoms with van der Waals surface area (Å²) in [4.78, 5) is 14.1. The van der Waals surface area contributed by atoms with Gasteiger partial charge in [0.15, 0.2) is 0 Å². The van der Waals surface area contributed by atoms with Gasteiger partial charge in [-0.05, 0) is 27.7 Å². The normalized spacial score (nSPS) is 21.0. The van der Waals surface area contributed by atoms with E-state index in [0.29, 0.717) is 19.6 Å². The number of piperazine rings is 1. The second kappa shape index (κ2) is 6.77. The third-order valence-electron chi connectivity index (χ3n) is 2.75. The molecule has 1 fully saturated rings. The molecule has 4 nitrogen and oxygen atoms in total. The summed E-state index contributed by atoms with van der Waals surface area (Å²) in [6, 6.07) is -0.0898. The molecule has 1 aliphatic heterocycles. The van der Waals surface area contributed by atoms with Gasteiger partial charge in [0, 0.05) is 31.6 Å². The first-order valence-electron chi connectivity index (χ1n) is 6.66. The average molecular weight is 251 g/mol. The molecule has 0 aromatic rings. The van der Waals surface area contributed by atoms with Crippen LogP contribution in [0.1, 0.15) is 27.7 Å². The number of carbonyl (C=O) groups is 1. The van der Waals surface area contributed by atoms with Gasteiger partial charge >= 0.3 is 0 Å². The minimum absolute atomic E-state index is 0.0230. The maximum Gasteiger partial charge on any atom is 0.238 e. The van der Waals surface area contributed by atoms with Gasteiger partial charge in [-0.15, -0.1) is 0 Å². The molecule has 1 saturated heterocycles. The van der Waals surface area contributed by atoms with Gasteiger partial charge in [0.2, 0.25) is 5.91 Å². The Morgan fingerprint density at radius 3 is 2.83 bits per heavy atom. The number of hydrogen-bond donors (Lipinski definition) is 2. The van der Waals surface area contributed by atoms with Crippen molar-refractivity contribution in [3.05, 3.63) is 0 Å². The van der Waals surface area contributed by atoms with Crippen LogP contribution in [0.2, 0.25) is 0 Å². The fourth-order valence-electron chi connectivity index (χ4n) is 1.89. The lowest BCUT2D eigenvalue weighted by Gasteiger charge is -2.33. The van der Waals surface area contributed by atoms with Crippen molar-refractivity contribution in [2.24, 2.45) is 5.41 Å². The highest BCUT2D eigenvalue weighted by Crippen LogP contribution is 2.10. The van der Waals surface area contributed by atoms with E-state index < -0.39 is 0 Å². The molecule has 1 heterocycles. The standard InChI is InChI=1S/C14H25N3O/c1-5-16-13(18)12-11-15-8-10-17(12)9-6-7-14(2,3)4/h12,15H,5,8-11H2,1-4H3,(H,16,18). The maximum absolute atomic E-state index is 11.9. The Morgan fingerprint density at radius 1 is 1.50 bits per heavy atom. The molecule has 102 valence electrons. The summed E-state index contributed by atoms with van der Waals surface area (Å²) in [7, 11) is 0. The summed E-state index contributed by atoms with van der Waals surface area (Å²) < 4.78 is 0. The summed E-state index contributed by atoms with van der Waals surface area (Å²) in [6.07, 6.45) is 0. The first-order chi connectivity index (χ1) is 8.44. The van der Waals surface area contributed by atoms with Crippen molar-refractivity contribution in [2.45, 2.75) is 33.7 Å². The molecular formula is C14H25N3O. The highest BCUT2D eigenvalue weighted by molar-refractivity contribution is 5.82. The predicted octanol–water partition coefficient (Wildman–Crippen LogP) is 0.446. The molecule has 0 spiro atoms. The second-order valence-electron chi connectivity index (χ2n) is 5.64. The van der Waals surface area contributed by atoms with Crippen LogP contribution < -0.4 is 10.6 Å². The van der Waals surface area contributed by atoms with Crippen LogP contribution in [-0.2, 0) is 4.79 Å². The lowest BCUT2D eigenvalue weighted by Crippen LogP contribution is -2.57. The summed E-state index contributed by atoms with van der Waals surface area (Å²) in [5, 5.41) is 6.14. The van der Waals surface area contributed by atoms with Crippen molar-refractivity contribution in [1.29, 1.82) is 0 Å². The van der Waals surface area contributed by atoms with Crippen molar-refractivity contribution in [1.82, 2.24) is 15.5 Å². The zero-order chi connectivity index (χ0) is 13.6. The molecule has 0 aromatic carbocycles. The van der Waals surface area contributed by atoms with Crippen LogP contribution in [-0.4, -0.2) is 49.6 Å². The van der Waals surface area contributed by atoms with Crippen molar-refractivity contribution in [3.63, 3.8) is 0 Å². The van der Waals surface area contributed by atoms with Gasteiger partial charge in [-0.2, -0.15) is 0 Å². The van der Waals surface area contributed by atoms with Crippen LogP contribution in [0.25, 0.3) is 0 Å². The number of nitrogens with one attached hydrogen (secondary N) is 2. The lowest BCUT2D eigenvalue weighted by molar-refractivity contribution is -0.126. The molecule has 0 radical (unpaired) electrons. The number of carbonyl (C=O) groups excluding carboxylic acids is 1. The third kappa shape index (κ3) is 5.07. The van der Waals surface area contributed by atoms with Gasteiger partial charge in [0.25, 0.3) is 0 Å². The van der Waals surface area contributed by atoms with E-state index >= 15 is 0 Å². The van der Waals surface area contributed by atoms with Crippen molar-refractivity contribution in [3.8, 4) is 11.8 Å². The van der Waals surface area contributed by atoms with Crippen LogP contribution in [0, 0.1) is 17.3 Å². The molecule has 18 heavy (non-hydrogen) atoms. The molecule has 1 amide bonds. The van der Waals surface area contributed by atoms with Crippen molar-refractivity contribution >= 4 is 5.91 Å². The summed E-state index contributed by atoms with van der Waals surface area (Å²) in [6.45, 7) is 12.1. The van der Waals surface area contributed by atoms with E-state index in [4.69, 9.17) is 0 Å². The van der Waals surface area contributed by atoms with E-state index in [-0.39, 0.29) is 17.4 Å². The quantitative estimate of drug-likeness (QED) is 0.716. The first kappa shape index (κ1) is 15.0. The number of amides is 1. The van der Waals surface area contributed by atoms with E-state index in [1.54, 1.807) is 0 Å². The van der Waals surface area contributed by atoms with E-state index in [0.717, 1.165) is 13.1 Å². The van der Waals surface area contributed by atoms with Gasteiger partial charge in [-0.3, -0.25) is 9.69 Å². The molecule has 1 rings (SSSR count). The van der Waals surface area contributed by atoms with Crippen molar-refractivity contribution < 1.29 is 4.79 Å². The summed E-state index contributed by atoms with van der Waals surface area (Å²) in [5.74, 6) is 6.51. The monoisotopic (exact) mass is 251 g/mol. The van der Waals surface area contributed by atoms with Gasteiger partial charge in [0.05, 0.1) is 6.54 Å². The molecule has 2 N–H and O–H groups in total. The molecule has 4 heteroatoms. The zero-order valence-corrected chi connectivity index (χ0v) is 12.0. The van der Waals surface area contributed by atoms with Crippen LogP contribution in [0.5, 0.6) is 0 Å². The highest BCUT2D eigenvalue weighted by Gasteiger charge is 2.27. The van der Waals surface area contributed by atoms with Crippen molar-refractivity contribution in [2.75, 3.05) is 32.7 Å². The van der Waals surface area contributed by atoms with Crippen LogP contribution in [0.15, 0.2) is 0 Å². The maximum atomic E-state index is 11.9. The Labute approximate surface area is 110 Å². The minimum atomic E-state index is -0.0898. The zero-order valence-electron chi connectivity index (χ0n) is 12.0. The van der Waals surface area contributed by atoms with Crippen LogP contribution in [0.4, 0.5) is 0 Å². The fourth-order valence-corrected chi connectivity index (χ4v) is 1.89. The van der Waals surface area contributed by atoms with E-state index in [2.05, 4.69) is 48.1 Å². The average Bonchev–Trinajstić information content (AvgIpc) is 2.28. The van der Waals surface area contributed by atoms with Crippen LogP contribution >= 0.6 is 0 Å². The van der Waals surface area contributed by atoms with E-state index in [1.165, 1.54) is 0 Å². The van der Waals surface area contributed by atoms with Crippen LogP contribution in [0.3, 0.4) is 0 Å². The molecule has 1 aliphatic rings. The number of hydrogen-bond acceptors (Lipinski definition) is 3. The van der Waals surface area contributed by atoms with Gasteiger partial charge in [-0.1, -0.05) is 11.8 Å². The highest BCUT2D eigenvalue weighted by atomic mass is 16.2.